The molecule has 1 aromatic heterocycles. The number of nitrogens with zero attached hydrogens (tertiary/aromatic N) is 3. The van der Waals surface area contributed by atoms with Crippen LogP contribution in [0.5, 0.6) is 5.75 Å². The molecule has 1 amide bonds. The summed E-state index contributed by atoms with van der Waals surface area (Å²) < 4.78 is 20.7. The maximum Gasteiger partial charge on any atom is 0.230 e. The van der Waals surface area contributed by atoms with Crippen molar-refractivity contribution in [2.45, 2.75) is 24.7 Å². The van der Waals surface area contributed by atoms with Crippen molar-refractivity contribution in [2.75, 3.05) is 5.75 Å². The number of amides is 1. The molecule has 3 rings (SSSR count). The number of rotatable bonds is 8. The van der Waals surface area contributed by atoms with Gasteiger partial charge in [-0.25, -0.2) is 4.39 Å². The molecule has 0 saturated heterocycles. The quantitative estimate of drug-likeness (QED) is 0.480. The van der Waals surface area contributed by atoms with Crippen LogP contribution in [0.2, 0.25) is 10.0 Å². The first-order valence-electron chi connectivity index (χ1n) is 8.98. The fourth-order valence-corrected chi connectivity index (χ4v) is 3.69. The van der Waals surface area contributed by atoms with E-state index in [1.807, 2.05) is 12.1 Å². The largest absolute Gasteiger partial charge is 0.481 e. The maximum absolute atomic E-state index is 13.2. The second-order valence-corrected chi connectivity index (χ2v) is 8.21. The van der Waals surface area contributed by atoms with Crippen LogP contribution in [-0.4, -0.2) is 26.4 Å². The summed E-state index contributed by atoms with van der Waals surface area (Å²) in [5.41, 5.74) is 0.962. The number of carbonyl (C=O) groups excluding carboxylic acids is 1. The molecule has 0 bridgehead atoms. The average molecular weight is 469 g/mol. The second-order valence-electron chi connectivity index (χ2n) is 6.43. The van der Waals surface area contributed by atoms with Crippen molar-refractivity contribution >= 4 is 40.9 Å². The van der Waals surface area contributed by atoms with Gasteiger partial charge in [0.05, 0.1) is 10.8 Å². The predicted octanol–water partition coefficient (Wildman–Crippen LogP) is 4.81. The van der Waals surface area contributed by atoms with Gasteiger partial charge in [-0.2, -0.15) is 0 Å². The zero-order valence-electron chi connectivity index (χ0n) is 16.2. The second kappa shape index (κ2) is 10.1. The van der Waals surface area contributed by atoms with Gasteiger partial charge in [0.1, 0.15) is 11.6 Å². The van der Waals surface area contributed by atoms with Gasteiger partial charge in [-0.05, 0) is 42.8 Å². The van der Waals surface area contributed by atoms with Gasteiger partial charge in [-0.1, -0.05) is 47.1 Å². The van der Waals surface area contributed by atoms with E-state index >= 15 is 0 Å². The van der Waals surface area contributed by atoms with Crippen molar-refractivity contribution in [3.05, 3.63) is 69.7 Å². The van der Waals surface area contributed by atoms with Crippen molar-refractivity contribution in [3.8, 4) is 5.75 Å². The number of carbonyl (C=O) groups is 1. The average Bonchev–Trinajstić information content (AvgIpc) is 3.08. The Morgan fingerprint density at radius 1 is 1.23 bits per heavy atom. The fraction of sp³-hybridized carbons (Fsp3) is 0.250. The lowest BCUT2D eigenvalue weighted by Crippen LogP contribution is -2.24. The number of benzene rings is 2. The van der Waals surface area contributed by atoms with E-state index in [9.17, 15) is 9.18 Å². The summed E-state index contributed by atoms with van der Waals surface area (Å²) in [4.78, 5) is 12.1. The standard InChI is InChI=1S/C20H19Cl2FN4O2S/c1-12(29-17-8-7-15(23)9-16(17)22)19-25-26-20(27(19)2)30-11-18(28)24-10-13-3-5-14(21)6-4-13/h3-9,12H,10-11H2,1-2H3,(H,24,28). The molecular weight excluding hydrogens is 450 g/mol. The van der Waals surface area contributed by atoms with Gasteiger partial charge < -0.3 is 14.6 Å². The molecule has 0 radical (unpaired) electrons. The zero-order valence-corrected chi connectivity index (χ0v) is 18.6. The summed E-state index contributed by atoms with van der Waals surface area (Å²) in [7, 11) is 1.79. The molecule has 1 N–H and O–H groups in total. The van der Waals surface area contributed by atoms with Crippen molar-refractivity contribution < 1.29 is 13.9 Å². The van der Waals surface area contributed by atoms with E-state index in [0.717, 1.165) is 5.56 Å². The highest BCUT2D eigenvalue weighted by Crippen LogP contribution is 2.29. The van der Waals surface area contributed by atoms with Crippen LogP contribution in [0.15, 0.2) is 47.6 Å². The van der Waals surface area contributed by atoms with Crippen LogP contribution in [-0.2, 0) is 18.4 Å². The third-order valence-electron chi connectivity index (χ3n) is 4.17. The van der Waals surface area contributed by atoms with Gasteiger partial charge in [0.25, 0.3) is 0 Å². The van der Waals surface area contributed by atoms with Crippen LogP contribution in [0.1, 0.15) is 24.4 Å². The molecule has 6 nitrogen and oxygen atoms in total. The summed E-state index contributed by atoms with van der Waals surface area (Å²) in [5, 5.41) is 12.5. The third kappa shape index (κ3) is 5.87. The highest BCUT2D eigenvalue weighted by atomic mass is 35.5. The molecule has 1 atom stereocenters. The Hall–Kier alpha value is -2.29. The Bertz CT molecular complexity index is 1030. The smallest absolute Gasteiger partial charge is 0.230 e. The van der Waals surface area contributed by atoms with Gasteiger partial charge in [-0.3, -0.25) is 4.79 Å². The monoisotopic (exact) mass is 468 g/mol. The Kier molecular flexibility index (Phi) is 7.58. The van der Waals surface area contributed by atoms with Crippen molar-refractivity contribution in [3.63, 3.8) is 0 Å². The lowest BCUT2D eigenvalue weighted by Gasteiger charge is -2.15. The van der Waals surface area contributed by atoms with E-state index in [-0.39, 0.29) is 16.7 Å². The highest BCUT2D eigenvalue weighted by Gasteiger charge is 2.19. The van der Waals surface area contributed by atoms with Crippen LogP contribution in [0.4, 0.5) is 4.39 Å². The van der Waals surface area contributed by atoms with Gasteiger partial charge in [0.2, 0.25) is 5.91 Å². The summed E-state index contributed by atoms with van der Waals surface area (Å²) in [6.07, 6.45) is -0.474. The van der Waals surface area contributed by atoms with Crippen molar-refractivity contribution in [1.82, 2.24) is 20.1 Å². The number of thioether (sulfide) groups is 1. The van der Waals surface area contributed by atoms with E-state index in [2.05, 4.69) is 15.5 Å². The van der Waals surface area contributed by atoms with Crippen LogP contribution in [0, 0.1) is 5.82 Å². The number of nitrogens with one attached hydrogen (secondary N) is 1. The normalized spacial score (nSPS) is 11.9. The minimum absolute atomic E-state index is 0.123. The zero-order chi connectivity index (χ0) is 21.7. The van der Waals surface area contributed by atoms with Crippen LogP contribution in [0.25, 0.3) is 0 Å². The Labute approximate surface area is 187 Å². The number of aromatic nitrogens is 3. The molecule has 0 aliphatic heterocycles. The van der Waals surface area contributed by atoms with Crippen molar-refractivity contribution in [2.24, 2.45) is 7.05 Å². The molecule has 0 aliphatic rings. The number of hydrogen-bond donors (Lipinski definition) is 1. The van der Waals surface area contributed by atoms with Gasteiger partial charge in [-0.15, -0.1) is 10.2 Å². The number of halogens is 3. The van der Waals surface area contributed by atoms with Gasteiger partial charge in [0.15, 0.2) is 17.1 Å². The van der Waals surface area contributed by atoms with Gasteiger partial charge in [0, 0.05) is 18.6 Å². The minimum atomic E-state index is -0.474. The molecule has 1 heterocycles. The number of hydrogen-bond acceptors (Lipinski definition) is 5. The summed E-state index contributed by atoms with van der Waals surface area (Å²) in [6, 6.07) is 11.2. The Morgan fingerprint density at radius 2 is 1.97 bits per heavy atom. The SMILES string of the molecule is CC(Oc1ccc(F)cc1Cl)c1nnc(SCC(=O)NCc2ccc(Cl)cc2)n1C. The molecule has 30 heavy (non-hydrogen) atoms. The topological polar surface area (TPSA) is 69.0 Å². The summed E-state index contributed by atoms with van der Waals surface area (Å²) >= 11 is 13.1. The Balaban J connectivity index is 1.54. The van der Waals surface area contributed by atoms with Crippen molar-refractivity contribution in [1.29, 1.82) is 0 Å². The molecule has 0 saturated carbocycles. The molecule has 10 heteroatoms. The van der Waals surface area contributed by atoms with E-state index in [0.29, 0.717) is 28.3 Å². The maximum atomic E-state index is 13.2. The minimum Gasteiger partial charge on any atom is -0.481 e. The lowest BCUT2D eigenvalue weighted by atomic mass is 10.2. The first kappa shape index (κ1) is 22.4. The molecule has 158 valence electrons. The molecule has 0 fully saturated rings. The highest BCUT2D eigenvalue weighted by molar-refractivity contribution is 7.99. The van der Waals surface area contributed by atoms with E-state index < -0.39 is 11.9 Å². The van der Waals surface area contributed by atoms with Crippen LogP contribution < -0.4 is 10.1 Å². The summed E-state index contributed by atoms with van der Waals surface area (Å²) in [5.74, 6) is 0.538. The van der Waals surface area contributed by atoms with Crippen LogP contribution >= 0.6 is 35.0 Å². The third-order valence-corrected chi connectivity index (χ3v) is 5.73. The first-order valence-corrected chi connectivity index (χ1v) is 10.7. The fourth-order valence-electron chi connectivity index (χ4n) is 2.60. The van der Waals surface area contributed by atoms with E-state index in [1.165, 1.54) is 30.0 Å². The summed E-state index contributed by atoms with van der Waals surface area (Å²) in [6.45, 7) is 2.21. The van der Waals surface area contributed by atoms with E-state index in [4.69, 9.17) is 27.9 Å². The lowest BCUT2D eigenvalue weighted by molar-refractivity contribution is -0.118. The van der Waals surface area contributed by atoms with Gasteiger partial charge >= 0.3 is 0 Å². The predicted molar refractivity (Wildman–Crippen MR) is 115 cm³/mol. The Morgan fingerprint density at radius 3 is 2.67 bits per heavy atom. The number of ether oxygens (including phenoxy) is 1. The molecule has 2 aromatic carbocycles. The first-order chi connectivity index (χ1) is 14.3. The molecule has 3 aromatic rings. The molecule has 1 unspecified atom stereocenters. The molecular formula is C20H19Cl2FN4O2S. The molecule has 0 aliphatic carbocycles. The van der Waals surface area contributed by atoms with Crippen LogP contribution in [0.3, 0.4) is 0 Å². The van der Waals surface area contributed by atoms with E-state index in [1.54, 1.807) is 30.7 Å². The molecule has 0 spiro atoms.